The van der Waals surface area contributed by atoms with Crippen LogP contribution < -0.4 is 0 Å². The fourth-order valence-corrected chi connectivity index (χ4v) is 2.39. The van der Waals surface area contributed by atoms with Gasteiger partial charge in [0.1, 0.15) is 0 Å². The first-order valence-electron chi connectivity index (χ1n) is 6.89. The van der Waals surface area contributed by atoms with Gasteiger partial charge in [0.2, 0.25) is 0 Å². The van der Waals surface area contributed by atoms with Crippen molar-refractivity contribution in [2.75, 3.05) is 13.2 Å². The molecule has 0 spiro atoms. The van der Waals surface area contributed by atoms with Gasteiger partial charge in [-0.1, -0.05) is 48.5 Å². The molecule has 1 heterocycles. The summed E-state index contributed by atoms with van der Waals surface area (Å²) in [7, 11) is 0. The Kier molecular flexibility index (Phi) is 3.75. The highest BCUT2D eigenvalue weighted by Gasteiger charge is 1.95. The summed E-state index contributed by atoms with van der Waals surface area (Å²) in [6.07, 6.45) is 2.56. The lowest BCUT2D eigenvalue weighted by Gasteiger charge is -2.00. The second-order valence-electron chi connectivity index (χ2n) is 4.87. The number of ether oxygens (including phenoxy) is 1. The van der Waals surface area contributed by atoms with E-state index >= 15 is 0 Å². The lowest BCUT2D eigenvalue weighted by atomic mass is 10.0. The molecule has 19 heavy (non-hydrogen) atoms. The van der Waals surface area contributed by atoms with Crippen LogP contribution >= 0.6 is 0 Å². The third-order valence-corrected chi connectivity index (χ3v) is 3.44. The van der Waals surface area contributed by atoms with Gasteiger partial charge in [-0.25, -0.2) is 0 Å². The Morgan fingerprint density at radius 2 is 0.947 bits per heavy atom. The highest BCUT2D eigenvalue weighted by atomic mass is 16.5. The standard InChI is InChI=1S/C14H10.C4H8O/c1-2-6-12-10-14-8-4-3-7-13(14)9-11(12)5-1;1-2-4-5-3-1/h1-10H;1-4H2. The van der Waals surface area contributed by atoms with Crippen molar-refractivity contribution < 1.29 is 4.74 Å². The summed E-state index contributed by atoms with van der Waals surface area (Å²) < 4.78 is 4.94. The zero-order valence-electron chi connectivity index (χ0n) is 11.0. The minimum Gasteiger partial charge on any atom is -0.381 e. The molecule has 1 aliphatic rings. The molecule has 96 valence electrons. The predicted octanol–water partition coefficient (Wildman–Crippen LogP) is 4.79. The van der Waals surface area contributed by atoms with Crippen molar-refractivity contribution in [2.24, 2.45) is 0 Å². The van der Waals surface area contributed by atoms with Crippen molar-refractivity contribution in [1.29, 1.82) is 0 Å². The van der Waals surface area contributed by atoms with Crippen molar-refractivity contribution in [1.82, 2.24) is 0 Å². The van der Waals surface area contributed by atoms with Crippen LogP contribution in [-0.2, 0) is 4.74 Å². The summed E-state index contributed by atoms with van der Waals surface area (Å²) in [5, 5.41) is 5.25. The number of rotatable bonds is 0. The Balaban J connectivity index is 0.000000187. The van der Waals surface area contributed by atoms with Crippen molar-refractivity contribution in [3.8, 4) is 0 Å². The van der Waals surface area contributed by atoms with Crippen LogP contribution in [0.5, 0.6) is 0 Å². The van der Waals surface area contributed by atoms with Gasteiger partial charge in [-0.3, -0.25) is 0 Å². The molecule has 0 bridgehead atoms. The van der Waals surface area contributed by atoms with E-state index in [4.69, 9.17) is 4.74 Å². The van der Waals surface area contributed by atoms with Crippen LogP contribution in [0.2, 0.25) is 0 Å². The smallest absolute Gasteiger partial charge is 0.0466 e. The fourth-order valence-electron chi connectivity index (χ4n) is 2.39. The molecule has 1 fully saturated rings. The maximum absolute atomic E-state index is 4.94. The van der Waals surface area contributed by atoms with Gasteiger partial charge in [0, 0.05) is 13.2 Å². The average Bonchev–Trinajstić information content (AvgIpc) is 3.04. The molecule has 1 aliphatic heterocycles. The van der Waals surface area contributed by atoms with Crippen molar-refractivity contribution in [3.05, 3.63) is 60.7 Å². The van der Waals surface area contributed by atoms with Crippen LogP contribution in [0.3, 0.4) is 0 Å². The summed E-state index contributed by atoms with van der Waals surface area (Å²) in [6, 6.07) is 21.4. The lowest BCUT2D eigenvalue weighted by Crippen LogP contribution is -1.74. The van der Waals surface area contributed by atoms with E-state index in [1.807, 2.05) is 0 Å². The van der Waals surface area contributed by atoms with Crippen molar-refractivity contribution >= 4 is 21.5 Å². The quantitative estimate of drug-likeness (QED) is 0.521. The summed E-state index contributed by atoms with van der Waals surface area (Å²) in [5.74, 6) is 0. The fraction of sp³-hybridized carbons (Fsp3) is 0.222. The van der Waals surface area contributed by atoms with E-state index in [0.717, 1.165) is 13.2 Å². The number of fused-ring (bicyclic) bond motifs is 2. The Morgan fingerprint density at radius 3 is 1.21 bits per heavy atom. The number of benzene rings is 3. The maximum atomic E-state index is 4.94. The first-order chi connectivity index (χ1) is 9.43. The molecule has 1 nitrogen and oxygen atoms in total. The maximum Gasteiger partial charge on any atom is 0.0466 e. The van der Waals surface area contributed by atoms with Crippen LogP contribution in [0, 0.1) is 0 Å². The Morgan fingerprint density at radius 1 is 0.579 bits per heavy atom. The second kappa shape index (κ2) is 5.85. The van der Waals surface area contributed by atoms with E-state index in [0.29, 0.717) is 0 Å². The zero-order valence-corrected chi connectivity index (χ0v) is 11.0. The summed E-state index contributed by atoms with van der Waals surface area (Å²) in [5.41, 5.74) is 0. The number of hydrogen-bond acceptors (Lipinski definition) is 1. The molecule has 1 heteroatoms. The number of hydrogen-bond donors (Lipinski definition) is 0. The van der Waals surface area contributed by atoms with E-state index < -0.39 is 0 Å². The van der Waals surface area contributed by atoms with Crippen molar-refractivity contribution in [2.45, 2.75) is 12.8 Å². The van der Waals surface area contributed by atoms with Gasteiger partial charge in [-0.2, -0.15) is 0 Å². The molecule has 3 aromatic carbocycles. The second-order valence-corrected chi connectivity index (χ2v) is 4.87. The monoisotopic (exact) mass is 250 g/mol. The van der Waals surface area contributed by atoms with Gasteiger partial charge in [0.15, 0.2) is 0 Å². The lowest BCUT2D eigenvalue weighted by molar-refractivity contribution is 0.198. The molecule has 0 unspecified atom stereocenters. The Hall–Kier alpha value is -1.86. The summed E-state index contributed by atoms with van der Waals surface area (Å²) in [6.45, 7) is 2.00. The zero-order chi connectivity index (χ0) is 12.9. The molecule has 0 aromatic heterocycles. The highest BCUT2D eigenvalue weighted by Crippen LogP contribution is 2.21. The molecular weight excluding hydrogens is 232 g/mol. The Bertz CT molecular complexity index is 556. The van der Waals surface area contributed by atoms with E-state index in [-0.39, 0.29) is 0 Å². The molecular formula is C18H18O. The normalized spacial score (nSPS) is 14.3. The van der Waals surface area contributed by atoms with E-state index in [1.165, 1.54) is 34.4 Å². The SMILES string of the molecule is C1CCOC1.c1ccc2cc3ccccc3cc2c1. The van der Waals surface area contributed by atoms with Gasteiger partial charge in [0.25, 0.3) is 0 Å². The van der Waals surface area contributed by atoms with Crippen LogP contribution in [-0.4, -0.2) is 13.2 Å². The average molecular weight is 250 g/mol. The molecule has 3 aromatic rings. The molecule has 1 saturated heterocycles. The minimum atomic E-state index is 1.00. The van der Waals surface area contributed by atoms with Gasteiger partial charge < -0.3 is 4.74 Å². The van der Waals surface area contributed by atoms with Crippen LogP contribution in [0.4, 0.5) is 0 Å². The van der Waals surface area contributed by atoms with E-state index in [1.54, 1.807) is 0 Å². The summed E-state index contributed by atoms with van der Waals surface area (Å²) in [4.78, 5) is 0. The van der Waals surface area contributed by atoms with Gasteiger partial charge in [-0.15, -0.1) is 0 Å². The first-order valence-corrected chi connectivity index (χ1v) is 6.89. The molecule has 0 amide bonds. The summed E-state index contributed by atoms with van der Waals surface area (Å²) >= 11 is 0. The van der Waals surface area contributed by atoms with Crippen molar-refractivity contribution in [3.63, 3.8) is 0 Å². The predicted molar refractivity (Wildman–Crippen MR) is 81.5 cm³/mol. The van der Waals surface area contributed by atoms with E-state index in [9.17, 15) is 0 Å². The van der Waals surface area contributed by atoms with Gasteiger partial charge in [0.05, 0.1) is 0 Å². The molecule has 0 atom stereocenters. The third-order valence-electron chi connectivity index (χ3n) is 3.44. The molecule has 0 saturated carbocycles. The molecule has 0 N–H and O–H groups in total. The van der Waals surface area contributed by atoms with Crippen LogP contribution in [0.1, 0.15) is 12.8 Å². The Labute approximate surface area is 113 Å². The van der Waals surface area contributed by atoms with Gasteiger partial charge >= 0.3 is 0 Å². The van der Waals surface area contributed by atoms with Gasteiger partial charge in [-0.05, 0) is 46.5 Å². The van der Waals surface area contributed by atoms with Crippen LogP contribution in [0.25, 0.3) is 21.5 Å². The van der Waals surface area contributed by atoms with E-state index in [2.05, 4.69) is 60.7 Å². The van der Waals surface area contributed by atoms with Crippen LogP contribution in [0.15, 0.2) is 60.7 Å². The highest BCUT2D eigenvalue weighted by molar-refractivity contribution is 5.98. The molecule has 0 aliphatic carbocycles. The largest absolute Gasteiger partial charge is 0.381 e. The molecule has 0 radical (unpaired) electrons. The topological polar surface area (TPSA) is 9.23 Å². The third kappa shape index (κ3) is 2.94. The molecule has 4 rings (SSSR count). The first kappa shape index (κ1) is 12.2. The minimum absolute atomic E-state index is 1.00.